The van der Waals surface area contributed by atoms with Crippen LogP contribution in [0.2, 0.25) is 0 Å². The first-order valence-electron chi connectivity index (χ1n) is 6.84. The smallest absolute Gasteiger partial charge is 0.328 e. The summed E-state index contributed by atoms with van der Waals surface area (Å²) in [6.45, 7) is 3.73. The highest BCUT2D eigenvalue weighted by Gasteiger charge is 2.29. The van der Waals surface area contributed by atoms with E-state index in [-0.39, 0.29) is 17.9 Å². The zero-order chi connectivity index (χ0) is 16.9. The van der Waals surface area contributed by atoms with Gasteiger partial charge in [0.1, 0.15) is 6.04 Å². The number of carbonyl (C=O) groups is 2. The largest absolute Gasteiger partial charge is 0.493 e. The van der Waals surface area contributed by atoms with Crippen molar-refractivity contribution in [3.8, 4) is 11.5 Å². The van der Waals surface area contributed by atoms with Gasteiger partial charge in [0.2, 0.25) is 0 Å². The molecule has 0 fully saturated rings. The zero-order valence-electron chi connectivity index (χ0n) is 13.2. The molecule has 122 valence electrons. The Morgan fingerprint density at radius 1 is 1.23 bits per heavy atom. The van der Waals surface area contributed by atoms with Crippen LogP contribution in [-0.4, -0.2) is 42.3 Å². The van der Waals surface area contributed by atoms with Gasteiger partial charge >= 0.3 is 5.97 Å². The molecule has 1 aromatic rings. The van der Waals surface area contributed by atoms with E-state index in [9.17, 15) is 14.7 Å². The molecule has 1 rings (SSSR count). The Morgan fingerprint density at radius 2 is 1.82 bits per heavy atom. The number of hydrogen-bond acceptors (Lipinski definition) is 5. The Morgan fingerprint density at radius 3 is 2.27 bits per heavy atom. The Kier molecular flexibility index (Phi) is 6.18. The van der Waals surface area contributed by atoms with Gasteiger partial charge in [0, 0.05) is 5.56 Å². The molecule has 0 radical (unpaired) electrons. The fraction of sp³-hybridized carbons (Fsp3) is 0.467. The molecular weight excluding hydrogens is 288 g/mol. The molecule has 0 aliphatic rings. The van der Waals surface area contributed by atoms with Crippen molar-refractivity contribution >= 4 is 11.9 Å². The number of ether oxygens (including phenoxy) is 2. The number of methoxy groups -OCH3 is 2. The minimum Gasteiger partial charge on any atom is -0.493 e. The number of nitrogens with zero attached hydrogens (tertiary/aromatic N) is 1. The third kappa shape index (κ3) is 4.11. The van der Waals surface area contributed by atoms with Crippen LogP contribution in [0.15, 0.2) is 18.2 Å². The summed E-state index contributed by atoms with van der Waals surface area (Å²) in [6, 6.07) is 3.46. The number of carboxylic acid groups (broad SMARTS) is 1. The van der Waals surface area contributed by atoms with Gasteiger partial charge < -0.3 is 14.6 Å². The molecule has 7 nitrogen and oxygen atoms in total. The van der Waals surface area contributed by atoms with Crippen molar-refractivity contribution in [3.63, 3.8) is 0 Å². The van der Waals surface area contributed by atoms with E-state index in [1.807, 2.05) is 13.8 Å². The summed E-state index contributed by atoms with van der Waals surface area (Å²) in [7, 11) is 2.93. The van der Waals surface area contributed by atoms with Crippen LogP contribution in [0, 0.1) is 5.92 Å². The number of hydrogen-bond donors (Lipinski definition) is 2. The van der Waals surface area contributed by atoms with Crippen LogP contribution in [0.5, 0.6) is 11.5 Å². The van der Waals surface area contributed by atoms with E-state index in [0.29, 0.717) is 11.5 Å². The quantitative estimate of drug-likeness (QED) is 0.450. The van der Waals surface area contributed by atoms with Crippen molar-refractivity contribution in [2.75, 3.05) is 14.2 Å². The first-order valence-corrected chi connectivity index (χ1v) is 6.84. The van der Waals surface area contributed by atoms with Gasteiger partial charge in [-0.1, -0.05) is 13.8 Å². The SMILES string of the molecule is COc1ccc(C(=O)N(N)[C@@H](CC(C)C)C(=O)O)cc1OC. The highest BCUT2D eigenvalue weighted by molar-refractivity contribution is 5.96. The molecule has 1 aromatic carbocycles. The van der Waals surface area contributed by atoms with Crippen molar-refractivity contribution in [3.05, 3.63) is 23.8 Å². The van der Waals surface area contributed by atoms with Crippen LogP contribution in [0.4, 0.5) is 0 Å². The Hall–Kier alpha value is -2.28. The Balaban J connectivity index is 3.05. The average molecular weight is 310 g/mol. The molecule has 0 aliphatic heterocycles. The number of rotatable bonds is 7. The van der Waals surface area contributed by atoms with E-state index < -0.39 is 17.9 Å². The molecule has 0 unspecified atom stereocenters. The van der Waals surface area contributed by atoms with Gasteiger partial charge in [0.05, 0.1) is 14.2 Å². The predicted molar refractivity (Wildman–Crippen MR) is 80.8 cm³/mol. The molecule has 0 saturated heterocycles. The van der Waals surface area contributed by atoms with E-state index in [2.05, 4.69) is 0 Å². The molecule has 0 aliphatic carbocycles. The Labute approximate surface area is 129 Å². The van der Waals surface area contributed by atoms with Gasteiger partial charge in [-0.25, -0.2) is 10.6 Å². The molecule has 1 atom stereocenters. The van der Waals surface area contributed by atoms with Crippen LogP contribution in [0.25, 0.3) is 0 Å². The highest BCUT2D eigenvalue weighted by Crippen LogP contribution is 2.28. The number of amides is 1. The van der Waals surface area contributed by atoms with E-state index >= 15 is 0 Å². The summed E-state index contributed by atoms with van der Waals surface area (Å²) < 4.78 is 10.2. The van der Waals surface area contributed by atoms with Gasteiger partial charge in [-0.2, -0.15) is 0 Å². The molecule has 0 heterocycles. The van der Waals surface area contributed by atoms with Crippen molar-refractivity contribution in [1.29, 1.82) is 0 Å². The summed E-state index contributed by atoms with van der Waals surface area (Å²) in [4.78, 5) is 23.7. The molecule has 22 heavy (non-hydrogen) atoms. The molecule has 1 amide bonds. The van der Waals surface area contributed by atoms with Gasteiger partial charge in [0.25, 0.3) is 5.91 Å². The van der Waals surface area contributed by atoms with Crippen molar-refractivity contribution < 1.29 is 24.2 Å². The monoisotopic (exact) mass is 310 g/mol. The van der Waals surface area contributed by atoms with Crippen LogP contribution in [0.1, 0.15) is 30.6 Å². The van der Waals surface area contributed by atoms with Crippen LogP contribution in [0.3, 0.4) is 0 Å². The predicted octanol–water partition coefficient (Wildman–Crippen LogP) is 1.52. The summed E-state index contributed by atoms with van der Waals surface area (Å²) in [5.41, 5.74) is 0.232. The number of hydrazine groups is 1. The molecule has 7 heteroatoms. The van der Waals surface area contributed by atoms with E-state index in [4.69, 9.17) is 15.3 Å². The number of aliphatic carboxylic acids is 1. The van der Waals surface area contributed by atoms with E-state index in [1.54, 1.807) is 6.07 Å². The highest BCUT2D eigenvalue weighted by atomic mass is 16.5. The first kappa shape index (κ1) is 17.8. The fourth-order valence-electron chi connectivity index (χ4n) is 2.04. The van der Waals surface area contributed by atoms with Gasteiger partial charge in [-0.05, 0) is 30.5 Å². The topological polar surface area (TPSA) is 102 Å². The number of carboxylic acids is 1. The number of benzene rings is 1. The summed E-state index contributed by atoms with van der Waals surface area (Å²) >= 11 is 0. The van der Waals surface area contributed by atoms with Crippen LogP contribution < -0.4 is 15.3 Å². The first-order chi connectivity index (χ1) is 10.3. The van der Waals surface area contributed by atoms with Crippen LogP contribution >= 0.6 is 0 Å². The fourth-order valence-corrected chi connectivity index (χ4v) is 2.04. The minimum absolute atomic E-state index is 0.0883. The molecule has 3 N–H and O–H groups in total. The summed E-state index contributed by atoms with van der Waals surface area (Å²) in [5, 5.41) is 10.0. The van der Waals surface area contributed by atoms with E-state index in [1.165, 1.54) is 26.4 Å². The van der Waals surface area contributed by atoms with Gasteiger partial charge in [-0.3, -0.25) is 9.80 Å². The molecule has 0 bridgehead atoms. The van der Waals surface area contributed by atoms with Gasteiger partial charge in [-0.15, -0.1) is 0 Å². The lowest BCUT2D eigenvalue weighted by Crippen LogP contribution is -2.50. The maximum absolute atomic E-state index is 12.4. The van der Waals surface area contributed by atoms with Crippen molar-refractivity contribution in [1.82, 2.24) is 5.01 Å². The summed E-state index contributed by atoms with van der Waals surface area (Å²) in [6.07, 6.45) is 0.269. The van der Waals surface area contributed by atoms with Crippen molar-refractivity contribution in [2.45, 2.75) is 26.3 Å². The second-order valence-electron chi connectivity index (χ2n) is 5.27. The maximum atomic E-state index is 12.4. The second-order valence-corrected chi connectivity index (χ2v) is 5.27. The van der Waals surface area contributed by atoms with Gasteiger partial charge in [0.15, 0.2) is 11.5 Å². The Bertz CT molecular complexity index is 545. The van der Waals surface area contributed by atoms with Crippen molar-refractivity contribution in [2.24, 2.45) is 11.8 Å². The molecule has 0 saturated carbocycles. The minimum atomic E-state index is -1.13. The lowest BCUT2D eigenvalue weighted by Gasteiger charge is -2.25. The average Bonchev–Trinajstić information content (AvgIpc) is 2.49. The maximum Gasteiger partial charge on any atom is 0.328 e. The third-order valence-corrected chi connectivity index (χ3v) is 3.18. The molecule has 0 spiro atoms. The molecular formula is C15H22N2O5. The number of nitrogens with two attached hydrogens (primary N) is 1. The lowest BCUT2D eigenvalue weighted by molar-refractivity contribution is -0.143. The number of carbonyl (C=O) groups excluding carboxylic acids is 1. The summed E-state index contributed by atoms with van der Waals surface area (Å²) in [5.74, 6) is 4.95. The lowest BCUT2D eigenvalue weighted by atomic mass is 10.0. The molecule has 0 aromatic heterocycles. The van der Waals surface area contributed by atoms with E-state index in [0.717, 1.165) is 5.01 Å². The third-order valence-electron chi connectivity index (χ3n) is 3.18. The zero-order valence-corrected chi connectivity index (χ0v) is 13.2. The van der Waals surface area contributed by atoms with Crippen LogP contribution in [-0.2, 0) is 4.79 Å². The standard InChI is InChI=1S/C15H22N2O5/c1-9(2)7-11(15(19)20)17(16)14(18)10-5-6-12(21-3)13(8-10)22-4/h5-6,8-9,11H,7,16H2,1-4H3,(H,19,20)/t11-/m0/s1. The second kappa shape index (κ2) is 7.65. The normalized spacial score (nSPS) is 11.9.